The van der Waals surface area contributed by atoms with Gasteiger partial charge in [-0.3, -0.25) is 19.7 Å². The van der Waals surface area contributed by atoms with Crippen molar-refractivity contribution in [3.8, 4) is 0 Å². The van der Waals surface area contributed by atoms with Crippen molar-refractivity contribution in [1.29, 1.82) is 0 Å². The minimum atomic E-state index is -0.582. The van der Waals surface area contributed by atoms with E-state index in [0.29, 0.717) is 32.8 Å². The van der Waals surface area contributed by atoms with Gasteiger partial charge in [0.25, 0.3) is 11.6 Å². The zero-order valence-corrected chi connectivity index (χ0v) is 14.1. The number of carbonyl (C=O) groups is 2. The monoisotopic (exact) mass is 347 g/mol. The summed E-state index contributed by atoms with van der Waals surface area (Å²) in [6.45, 7) is 3.82. The first-order valence-corrected chi connectivity index (χ1v) is 8.34. The molecule has 0 saturated carbocycles. The quantitative estimate of drug-likeness (QED) is 0.596. The Labute approximate surface area is 145 Å². The Kier molecular flexibility index (Phi) is 4.71. The van der Waals surface area contributed by atoms with Crippen LogP contribution in [0.15, 0.2) is 24.3 Å². The molecule has 2 saturated heterocycles. The molecule has 3 rings (SSSR count). The van der Waals surface area contributed by atoms with Gasteiger partial charge in [-0.1, -0.05) is 12.1 Å². The molecule has 2 fully saturated rings. The molecule has 25 heavy (non-hydrogen) atoms. The van der Waals surface area contributed by atoms with Crippen LogP contribution in [0.4, 0.5) is 5.69 Å². The number of carbonyl (C=O) groups excluding carboxylic acids is 2. The van der Waals surface area contributed by atoms with E-state index in [0.717, 1.165) is 12.8 Å². The van der Waals surface area contributed by atoms with Crippen LogP contribution in [0.25, 0.3) is 0 Å². The molecular formula is C17H21N3O5. The molecule has 0 N–H and O–H groups in total. The van der Waals surface area contributed by atoms with Gasteiger partial charge in [-0.15, -0.1) is 0 Å². The SMILES string of the molecule is CC(=O)N1CCOC2(CCCN(C(=O)c3ccccc3[N+](=O)[O-])C2)C1. The highest BCUT2D eigenvalue weighted by Gasteiger charge is 2.43. The summed E-state index contributed by atoms with van der Waals surface area (Å²) in [5.74, 6) is -0.375. The standard InChI is InChI=1S/C17H21N3O5/c1-13(21)18-9-10-25-17(11-18)7-4-8-19(12-17)16(22)14-5-2-3-6-15(14)20(23)24/h2-3,5-6H,4,7-12H2,1H3. The fourth-order valence-electron chi connectivity index (χ4n) is 3.62. The van der Waals surface area contributed by atoms with Gasteiger partial charge in [-0.2, -0.15) is 0 Å². The average molecular weight is 347 g/mol. The predicted octanol–water partition coefficient (Wildman–Crippen LogP) is 1.45. The highest BCUT2D eigenvalue weighted by atomic mass is 16.6. The lowest BCUT2D eigenvalue weighted by molar-refractivity contribution is -0.385. The van der Waals surface area contributed by atoms with Gasteiger partial charge in [0.15, 0.2) is 0 Å². The van der Waals surface area contributed by atoms with Gasteiger partial charge in [-0.05, 0) is 18.9 Å². The summed E-state index contributed by atoms with van der Waals surface area (Å²) in [5.41, 5.74) is -0.688. The molecule has 1 spiro atoms. The molecule has 0 bridgehead atoms. The Hall–Kier alpha value is -2.48. The number of likely N-dealkylation sites (tertiary alicyclic amines) is 1. The number of morpholine rings is 1. The number of nitrogens with zero attached hydrogens (tertiary/aromatic N) is 3. The molecule has 134 valence electrons. The van der Waals surface area contributed by atoms with Crippen molar-refractivity contribution in [2.24, 2.45) is 0 Å². The maximum atomic E-state index is 12.9. The van der Waals surface area contributed by atoms with Gasteiger partial charge in [0.1, 0.15) is 11.2 Å². The third kappa shape index (κ3) is 3.48. The Morgan fingerprint density at radius 2 is 1.92 bits per heavy atom. The van der Waals surface area contributed by atoms with Crippen LogP contribution in [0.1, 0.15) is 30.1 Å². The zero-order chi connectivity index (χ0) is 18.0. The zero-order valence-electron chi connectivity index (χ0n) is 14.1. The lowest BCUT2D eigenvalue weighted by Gasteiger charge is -2.47. The number of ether oxygens (including phenoxy) is 1. The van der Waals surface area contributed by atoms with Crippen molar-refractivity contribution < 1.29 is 19.2 Å². The minimum absolute atomic E-state index is 0.00942. The topological polar surface area (TPSA) is 93.0 Å². The summed E-state index contributed by atoms with van der Waals surface area (Å²) < 4.78 is 5.96. The molecule has 1 atom stereocenters. The molecule has 0 radical (unpaired) electrons. The van der Waals surface area contributed by atoms with Crippen LogP contribution in [-0.2, 0) is 9.53 Å². The summed E-state index contributed by atoms with van der Waals surface area (Å²) in [6.07, 6.45) is 1.50. The largest absolute Gasteiger partial charge is 0.369 e. The number of para-hydroxylation sites is 1. The molecule has 2 amide bonds. The van der Waals surface area contributed by atoms with E-state index in [-0.39, 0.29) is 23.1 Å². The molecular weight excluding hydrogens is 326 g/mol. The number of nitro benzene ring substituents is 1. The molecule has 1 aromatic rings. The molecule has 2 heterocycles. The number of benzene rings is 1. The number of hydrogen-bond acceptors (Lipinski definition) is 5. The van der Waals surface area contributed by atoms with Crippen molar-refractivity contribution in [3.05, 3.63) is 39.9 Å². The van der Waals surface area contributed by atoms with Crippen LogP contribution >= 0.6 is 0 Å². The van der Waals surface area contributed by atoms with Crippen LogP contribution in [-0.4, -0.2) is 64.9 Å². The van der Waals surface area contributed by atoms with Crippen molar-refractivity contribution in [2.45, 2.75) is 25.4 Å². The Balaban J connectivity index is 1.81. The summed E-state index contributed by atoms with van der Waals surface area (Å²) >= 11 is 0. The first-order chi connectivity index (χ1) is 11.9. The second-order valence-electron chi connectivity index (χ2n) is 6.58. The van der Waals surface area contributed by atoms with E-state index < -0.39 is 10.5 Å². The predicted molar refractivity (Wildman–Crippen MR) is 89.2 cm³/mol. The van der Waals surface area contributed by atoms with Crippen LogP contribution in [0.5, 0.6) is 0 Å². The van der Waals surface area contributed by atoms with Gasteiger partial charge >= 0.3 is 0 Å². The Morgan fingerprint density at radius 1 is 1.20 bits per heavy atom. The molecule has 2 aliphatic heterocycles. The van der Waals surface area contributed by atoms with E-state index in [9.17, 15) is 19.7 Å². The third-order valence-electron chi connectivity index (χ3n) is 4.85. The average Bonchev–Trinajstić information content (AvgIpc) is 2.61. The molecule has 8 nitrogen and oxygen atoms in total. The number of amides is 2. The van der Waals surface area contributed by atoms with Crippen molar-refractivity contribution in [3.63, 3.8) is 0 Å². The van der Waals surface area contributed by atoms with Gasteiger partial charge in [0.05, 0.1) is 24.6 Å². The molecule has 1 unspecified atom stereocenters. The fraction of sp³-hybridized carbons (Fsp3) is 0.529. The van der Waals surface area contributed by atoms with Crippen LogP contribution in [0.2, 0.25) is 0 Å². The molecule has 8 heteroatoms. The van der Waals surface area contributed by atoms with E-state index >= 15 is 0 Å². The Morgan fingerprint density at radius 3 is 2.64 bits per heavy atom. The molecule has 1 aromatic carbocycles. The maximum Gasteiger partial charge on any atom is 0.282 e. The van der Waals surface area contributed by atoms with Gasteiger partial charge in [-0.25, -0.2) is 0 Å². The summed E-state index contributed by atoms with van der Waals surface area (Å²) in [6, 6.07) is 5.98. The minimum Gasteiger partial charge on any atom is -0.369 e. The highest BCUT2D eigenvalue weighted by molar-refractivity contribution is 5.98. The van der Waals surface area contributed by atoms with Gasteiger partial charge < -0.3 is 14.5 Å². The van der Waals surface area contributed by atoms with E-state index in [1.165, 1.54) is 19.1 Å². The summed E-state index contributed by atoms with van der Waals surface area (Å²) in [7, 11) is 0. The highest BCUT2D eigenvalue weighted by Crippen LogP contribution is 2.31. The van der Waals surface area contributed by atoms with Crippen molar-refractivity contribution in [1.82, 2.24) is 9.80 Å². The first-order valence-electron chi connectivity index (χ1n) is 8.34. The second kappa shape index (κ2) is 6.79. The molecule has 0 aromatic heterocycles. The number of nitro groups is 1. The van der Waals surface area contributed by atoms with Crippen molar-refractivity contribution in [2.75, 3.05) is 32.8 Å². The normalized spacial score (nSPS) is 23.6. The van der Waals surface area contributed by atoms with E-state index in [4.69, 9.17) is 4.74 Å². The molecule has 0 aliphatic carbocycles. The number of hydrogen-bond donors (Lipinski definition) is 0. The fourth-order valence-corrected chi connectivity index (χ4v) is 3.62. The number of rotatable bonds is 2. The third-order valence-corrected chi connectivity index (χ3v) is 4.85. The van der Waals surface area contributed by atoms with Crippen molar-refractivity contribution >= 4 is 17.5 Å². The number of piperidine rings is 1. The second-order valence-corrected chi connectivity index (χ2v) is 6.58. The summed E-state index contributed by atoms with van der Waals surface area (Å²) in [4.78, 5) is 38.5. The lowest BCUT2D eigenvalue weighted by atomic mass is 9.90. The van der Waals surface area contributed by atoms with E-state index in [2.05, 4.69) is 0 Å². The first kappa shape index (κ1) is 17.3. The van der Waals surface area contributed by atoms with Gasteiger partial charge in [0.2, 0.25) is 5.91 Å². The van der Waals surface area contributed by atoms with Gasteiger partial charge in [0, 0.05) is 26.1 Å². The summed E-state index contributed by atoms with van der Waals surface area (Å²) in [5, 5.41) is 11.2. The molecule has 2 aliphatic rings. The van der Waals surface area contributed by atoms with Crippen LogP contribution in [0.3, 0.4) is 0 Å². The van der Waals surface area contributed by atoms with E-state index in [1.54, 1.807) is 21.9 Å². The van der Waals surface area contributed by atoms with E-state index in [1.807, 2.05) is 0 Å². The smallest absolute Gasteiger partial charge is 0.282 e. The van der Waals surface area contributed by atoms with Crippen LogP contribution in [0, 0.1) is 10.1 Å². The Bertz CT molecular complexity index is 703. The van der Waals surface area contributed by atoms with Crippen LogP contribution < -0.4 is 0 Å². The maximum absolute atomic E-state index is 12.9. The lowest BCUT2D eigenvalue weighted by Crippen LogP contribution is -2.61.